The van der Waals surface area contributed by atoms with Gasteiger partial charge in [-0.25, -0.2) is 0 Å². The summed E-state index contributed by atoms with van der Waals surface area (Å²) in [5, 5.41) is 3.91. The Hall–Kier alpha value is -1.43. The fourth-order valence-corrected chi connectivity index (χ4v) is 1.96. The third kappa shape index (κ3) is 2.12. The highest BCUT2D eigenvalue weighted by Gasteiger charge is 2.57. The number of rotatable bonds is 6. The Balaban J connectivity index is 2.18. The van der Waals surface area contributed by atoms with E-state index in [1.165, 1.54) is 7.11 Å². The van der Waals surface area contributed by atoms with Crippen molar-refractivity contribution < 1.29 is 18.8 Å². The van der Waals surface area contributed by atoms with E-state index in [2.05, 4.69) is 10.1 Å². The molecule has 1 aliphatic rings. The molecule has 0 bridgehead atoms. The van der Waals surface area contributed by atoms with Crippen LogP contribution >= 0.6 is 0 Å². The summed E-state index contributed by atoms with van der Waals surface area (Å²) in [6.07, 6.45) is 1.98. The fraction of sp³-hybridized carbons (Fsp3) is 0.750. The van der Waals surface area contributed by atoms with Crippen molar-refractivity contribution in [1.29, 1.82) is 0 Å². The molecule has 18 heavy (non-hydrogen) atoms. The number of hydrogen-bond acceptors (Lipinski definition) is 6. The third-order valence-corrected chi connectivity index (χ3v) is 3.20. The van der Waals surface area contributed by atoms with Gasteiger partial charge in [0, 0.05) is 6.61 Å². The number of ether oxygens (including phenoxy) is 2. The average molecular weight is 254 g/mol. The lowest BCUT2D eigenvalue weighted by molar-refractivity contribution is -0.144. The quantitative estimate of drug-likeness (QED) is 0.720. The molecule has 100 valence electrons. The van der Waals surface area contributed by atoms with Crippen molar-refractivity contribution in [2.24, 2.45) is 0 Å². The molecule has 1 aliphatic carbocycles. The van der Waals surface area contributed by atoms with Crippen LogP contribution in [0.4, 0.5) is 0 Å². The van der Waals surface area contributed by atoms with Gasteiger partial charge in [0.15, 0.2) is 0 Å². The van der Waals surface area contributed by atoms with Crippen molar-refractivity contribution >= 4 is 5.97 Å². The summed E-state index contributed by atoms with van der Waals surface area (Å²) in [7, 11) is 1.37. The van der Waals surface area contributed by atoms with Crippen LogP contribution in [0.15, 0.2) is 4.52 Å². The smallest absolute Gasteiger partial charge is 0.321 e. The lowest BCUT2D eigenvalue weighted by Gasteiger charge is -2.09. The summed E-state index contributed by atoms with van der Waals surface area (Å²) >= 11 is 0. The first kappa shape index (κ1) is 13.0. The lowest BCUT2D eigenvalue weighted by Crippen LogP contribution is -2.22. The average Bonchev–Trinajstić information content (AvgIpc) is 3.06. The van der Waals surface area contributed by atoms with Gasteiger partial charge in [0.05, 0.1) is 7.11 Å². The van der Waals surface area contributed by atoms with Gasteiger partial charge < -0.3 is 14.0 Å². The zero-order valence-electron chi connectivity index (χ0n) is 10.9. The van der Waals surface area contributed by atoms with E-state index in [0.29, 0.717) is 31.2 Å². The maximum atomic E-state index is 11.7. The summed E-state index contributed by atoms with van der Waals surface area (Å²) in [4.78, 5) is 16.0. The SMILES string of the molecule is CCOC(CC)c1noc(C2(C(=O)OC)CC2)n1. The summed E-state index contributed by atoms with van der Waals surface area (Å²) in [6, 6.07) is 0. The van der Waals surface area contributed by atoms with Crippen molar-refractivity contribution in [1.82, 2.24) is 10.1 Å². The van der Waals surface area contributed by atoms with Crippen LogP contribution in [-0.2, 0) is 19.7 Å². The van der Waals surface area contributed by atoms with Gasteiger partial charge in [-0.3, -0.25) is 4.79 Å². The van der Waals surface area contributed by atoms with E-state index in [9.17, 15) is 4.79 Å². The van der Waals surface area contributed by atoms with E-state index < -0.39 is 5.41 Å². The number of esters is 1. The molecule has 1 fully saturated rings. The molecule has 1 aromatic rings. The van der Waals surface area contributed by atoms with Crippen LogP contribution in [0, 0.1) is 0 Å². The Morgan fingerprint density at radius 1 is 1.50 bits per heavy atom. The molecule has 2 rings (SSSR count). The van der Waals surface area contributed by atoms with Crippen LogP contribution in [0.2, 0.25) is 0 Å². The molecule has 6 nitrogen and oxygen atoms in total. The van der Waals surface area contributed by atoms with Crippen LogP contribution in [0.5, 0.6) is 0 Å². The molecular formula is C12H18N2O4. The number of hydrogen-bond donors (Lipinski definition) is 0. The normalized spacial score (nSPS) is 18.4. The number of carbonyl (C=O) groups excluding carboxylic acids is 1. The van der Waals surface area contributed by atoms with Gasteiger partial charge in [0.25, 0.3) is 0 Å². The fourth-order valence-electron chi connectivity index (χ4n) is 1.96. The monoisotopic (exact) mass is 254 g/mol. The highest BCUT2D eigenvalue weighted by Crippen LogP contribution is 2.48. The molecule has 1 unspecified atom stereocenters. The van der Waals surface area contributed by atoms with Crippen LogP contribution in [0.3, 0.4) is 0 Å². The van der Waals surface area contributed by atoms with Crippen LogP contribution < -0.4 is 0 Å². The van der Waals surface area contributed by atoms with Gasteiger partial charge in [-0.15, -0.1) is 0 Å². The van der Waals surface area contributed by atoms with Crippen molar-refractivity contribution in [3.05, 3.63) is 11.7 Å². The van der Waals surface area contributed by atoms with Gasteiger partial charge in [0.2, 0.25) is 11.7 Å². The van der Waals surface area contributed by atoms with Gasteiger partial charge >= 0.3 is 5.97 Å². The number of aromatic nitrogens is 2. The summed E-state index contributed by atoms with van der Waals surface area (Å²) < 4.78 is 15.5. The van der Waals surface area contributed by atoms with Gasteiger partial charge in [-0.2, -0.15) is 4.98 Å². The lowest BCUT2D eigenvalue weighted by atomic mass is 10.1. The van der Waals surface area contributed by atoms with Gasteiger partial charge in [0.1, 0.15) is 11.5 Å². The van der Waals surface area contributed by atoms with Crippen LogP contribution in [0.25, 0.3) is 0 Å². The Kier molecular flexibility index (Phi) is 3.65. The minimum absolute atomic E-state index is 0.180. The molecule has 0 saturated heterocycles. The molecule has 0 aromatic carbocycles. The molecule has 0 N–H and O–H groups in total. The summed E-state index contributed by atoms with van der Waals surface area (Å²) in [6.45, 7) is 4.49. The zero-order chi connectivity index (χ0) is 13.2. The van der Waals surface area contributed by atoms with E-state index in [4.69, 9.17) is 14.0 Å². The molecule has 0 amide bonds. The maximum Gasteiger partial charge on any atom is 0.321 e. The number of carbonyl (C=O) groups is 1. The molecule has 1 heterocycles. The van der Waals surface area contributed by atoms with Crippen molar-refractivity contribution in [3.63, 3.8) is 0 Å². The number of nitrogens with zero attached hydrogens (tertiary/aromatic N) is 2. The van der Waals surface area contributed by atoms with Crippen LogP contribution in [-0.4, -0.2) is 29.8 Å². The Bertz CT molecular complexity index is 425. The second-order valence-corrected chi connectivity index (χ2v) is 4.38. The first-order chi connectivity index (χ1) is 8.67. The van der Waals surface area contributed by atoms with E-state index in [1.54, 1.807) is 0 Å². The maximum absolute atomic E-state index is 11.7. The topological polar surface area (TPSA) is 74.5 Å². The molecule has 6 heteroatoms. The molecular weight excluding hydrogens is 236 g/mol. The van der Waals surface area contributed by atoms with E-state index >= 15 is 0 Å². The van der Waals surface area contributed by atoms with Crippen LogP contribution in [0.1, 0.15) is 50.9 Å². The zero-order valence-corrected chi connectivity index (χ0v) is 10.9. The molecule has 0 radical (unpaired) electrons. The predicted molar refractivity (Wildman–Crippen MR) is 61.9 cm³/mol. The standard InChI is InChI=1S/C12H18N2O4/c1-4-8(17-5-2)9-13-10(18-14-9)12(6-7-12)11(15)16-3/h8H,4-7H2,1-3H3. The van der Waals surface area contributed by atoms with Crippen molar-refractivity contribution in [3.8, 4) is 0 Å². The van der Waals surface area contributed by atoms with E-state index in [0.717, 1.165) is 6.42 Å². The Labute approximate surface area is 106 Å². The van der Waals surface area contributed by atoms with Gasteiger partial charge in [-0.1, -0.05) is 12.1 Å². The first-order valence-corrected chi connectivity index (χ1v) is 6.22. The highest BCUT2D eigenvalue weighted by molar-refractivity contribution is 5.85. The molecule has 1 atom stereocenters. The van der Waals surface area contributed by atoms with Crippen molar-refractivity contribution in [2.75, 3.05) is 13.7 Å². The molecule has 1 aromatic heterocycles. The largest absolute Gasteiger partial charge is 0.468 e. The van der Waals surface area contributed by atoms with Gasteiger partial charge in [-0.05, 0) is 26.2 Å². The number of methoxy groups -OCH3 is 1. The molecule has 0 spiro atoms. The second-order valence-electron chi connectivity index (χ2n) is 4.38. The Morgan fingerprint density at radius 3 is 2.72 bits per heavy atom. The summed E-state index contributed by atoms with van der Waals surface area (Å²) in [5.74, 6) is 0.550. The minimum atomic E-state index is -0.704. The van der Waals surface area contributed by atoms with Crippen molar-refractivity contribution in [2.45, 2.75) is 44.6 Å². The Morgan fingerprint density at radius 2 is 2.22 bits per heavy atom. The first-order valence-electron chi connectivity index (χ1n) is 6.22. The second kappa shape index (κ2) is 5.06. The molecule has 1 saturated carbocycles. The third-order valence-electron chi connectivity index (χ3n) is 3.20. The highest BCUT2D eigenvalue weighted by atomic mass is 16.5. The summed E-state index contributed by atoms with van der Waals surface area (Å²) in [5.41, 5.74) is -0.704. The van der Waals surface area contributed by atoms with E-state index in [-0.39, 0.29) is 12.1 Å². The molecule has 0 aliphatic heterocycles. The predicted octanol–water partition coefficient (Wildman–Crippen LogP) is 1.76. The van der Waals surface area contributed by atoms with E-state index in [1.807, 2.05) is 13.8 Å². The minimum Gasteiger partial charge on any atom is -0.468 e.